The first kappa shape index (κ1) is 19.8. The summed E-state index contributed by atoms with van der Waals surface area (Å²) in [6.45, 7) is 10.4. The molecule has 1 saturated heterocycles. The molecule has 4 atom stereocenters. The molecule has 1 heterocycles. The van der Waals surface area contributed by atoms with Gasteiger partial charge in [0.1, 0.15) is 18.3 Å². The third-order valence-electron chi connectivity index (χ3n) is 4.72. The van der Waals surface area contributed by atoms with Gasteiger partial charge in [-0.3, -0.25) is 4.79 Å². The molecule has 6 heteroatoms. The minimum atomic E-state index is -1.26. The van der Waals surface area contributed by atoms with Gasteiger partial charge in [0, 0.05) is 17.6 Å². The van der Waals surface area contributed by atoms with Crippen molar-refractivity contribution in [2.75, 3.05) is 0 Å². The molecule has 26 heavy (non-hydrogen) atoms. The van der Waals surface area contributed by atoms with Gasteiger partial charge in [-0.15, -0.1) is 0 Å². The lowest BCUT2D eigenvalue weighted by Crippen LogP contribution is -2.42. The van der Waals surface area contributed by atoms with E-state index in [-0.39, 0.29) is 11.4 Å². The first-order valence-electron chi connectivity index (χ1n) is 8.46. The van der Waals surface area contributed by atoms with Crippen LogP contribution < -0.4 is 0 Å². The summed E-state index contributed by atoms with van der Waals surface area (Å²) in [7, 11) is 0. The Bertz CT molecular complexity index is 739. The Balaban J connectivity index is 2.48. The van der Waals surface area contributed by atoms with Crippen molar-refractivity contribution in [3.8, 4) is 0 Å². The van der Waals surface area contributed by atoms with Gasteiger partial charge >= 0.3 is 11.9 Å². The summed E-state index contributed by atoms with van der Waals surface area (Å²) < 4.78 is 10.8. The second kappa shape index (κ2) is 7.83. The maximum absolute atomic E-state index is 12.2. The summed E-state index contributed by atoms with van der Waals surface area (Å²) in [6.07, 6.45) is 1.65. The number of allylic oxidation sites excluding steroid dienone is 3. The van der Waals surface area contributed by atoms with E-state index in [1.165, 1.54) is 12.2 Å². The Labute approximate surface area is 152 Å². The van der Waals surface area contributed by atoms with Gasteiger partial charge in [0.2, 0.25) is 0 Å². The number of hydrogen-bond acceptors (Lipinski definition) is 6. The van der Waals surface area contributed by atoms with Crippen molar-refractivity contribution in [3.63, 3.8) is 0 Å². The summed E-state index contributed by atoms with van der Waals surface area (Å²) in [5.41, 5.74) is 1.62. The van der Waals surface area contributed by atoms with Gasteiger partial charge in [-0.25, -0.2) is 9.59 Å². The van der Waals surface area contributed by atoms with Crippen molar-refractivity contribution in [3.05, 3.63) is 47.1 Å². The molecular formula is C20H24O6. The van der Waals surface area contributed by atoms with Crippen molar-refractivity contribution >= 4 is 17.7 Å². The zero-order valence-corrected chi connectivity index (χ0v) is 15.4. The number of aliphatic hydroxyl groups excluding tert-OH is 1. The average Bonchev–Trinajstić information content (AvgIpc) is 2.83. The topological polar surface area (TPSA) is 89.9 Å². The molecule has 140 valence electrons. The van der Waals surface area contributed by atoms with Crippen LogP contribution in [-0.2, 0) is 23.9 Å². The number of rotatable bonds is 2. The molecule has 1 aliphatic carbocycles. The van der Waals surface area contributed by atoms with Gasteiger partial charge in [0.15, 0.2) is 5.78 Å². The molecule has 0 aromatic heterocycles. The number of fused-ring (bicyclic) bond motifs is 1. The van der Waals surface area contributed by atoms with Crippen LogP contribution in [0, 0.1) is 5.92 Å². The molecule has 0 radical (unpaired) electrons. The quantitative estimate of drug-likeness (QED) is 0.600. The van der Waals surface area contributed by atoms with Crippen molar-refractivity contribution < 1.29 is 29.0 Å². The second-order valence-electron chi connectivity index (χ2n) is 6.77. The number of ketones is 1. The molecule has 1 aliphatic heterocycles. The molecule has 0 saturated carbocycles. The van der Waals surface area contributed by atoms with E-state index in [0.29, 0.717) is 17.6 Å². The van der Waals surface area contributed by atoms with Crippen LogP contribution in [0.2, 0.25) is 0 Å². The summed E-state index contributed by atoms with van der Waals surface area (Å²) >= 11 is 0. The van der Waals surface area contributed by atoms with Crippen molar-refractivity contribution in [1.82, 2.24) is 0 Å². The normalized spacial score (nSPS) is 34.2. The van der Waals surface area contributed by atoms with E-state index in [4.69, 9.17) is 9.47 Å². The largest absolute Gasteiger partial charge is 0.458 e. The molecule has 2 aliphatic rings. The van der Waals surface area contributed by atoms with E-state index in [2.05, 4.69) is 6.58 Å². The number of hydrogen-bond donors (Lipinski definition) is 1. The van der Waals surface area contributed by atoms with E-state index < -0.39 is 36.2 Å². The second-order valence-corrected chi connectivity index (χ2v) is 6.77. The van der Waals surface area contributed by atoms with Crippen LogP contribution in [0.25, 0.3) is 0 Å². The average molecular weight is 360 g/mol. The molecule has 0 aromatic carbocycles. The van der Waals surface area contributed by atoms with Crippen LogP contribution in [-0.4, -0.2) is 41.1 Å². The van der Waals surface area contributed by atoms with Gasteiger partial charge in [-0.05, 0) is 45.4 Å². The predicted molar refractivity (Wildman–Crippen MR) is 95.0 cm³/mol. The van der Waals surface area contributed by atoms with E-state index in [1.807, 2.05) is 0 Å². The van der Waals surface area contributed by atoms with Gasteiger partial charge < -0.3 is 14.6 Å². The molecule has 0 aromatic rings. The monoisotopic (exact) mass is 360 g/mol. The lowest BCUT2D eigenvalue weighted by Gasteiger charge is -2.31. The summed E-state index contributed by atoms with van der Waals surface area (Å²) in [4.78, 5) is 36.3. The molecule has 0 amide bonds. The van der Waals surface area contributed by atoms with Crippen molar-refractivity contribution in [2.45, 2.75) is 52.4 Å². The summed E-state index contributed by atoms with van der Waals surface area (Å²) in [5, 5.41) is 10.9. The number of carbonyl (C=O) groups is 3. The third-order valence-corrected chi connectivity index (χ3v) is 4.72. The molecule has 1 fully saturated rings. The zero-order valence-electron chi connectivity index (χ0n) is 15.4. The Morgan fingerprint density at radius 3 is 2.62 bits per heavy atom. The maximum Gasteiger partial charge on any atom is 0.334 e. The predicted octanol–water partition coefficient (Wildman–Crippen LogP) is 2.19. The van der Waals surface area contributed by atoms with E-state index in [0.717, 1.165) is 5.57 Å². The van der Waals surface area contributed by atoms with Crippen LogP contribution in [0.3, 0.4) is 0 Å². The number of esters is 2. The molecule has 0 spiro atoms. The maximum atomic E-state index is 12.2. The molecule has 0 bridgehead atoms. The standard InChI is InChI=1S/C20H24O6/c1-6-11(3)19(23)26-18-12(4)9-14(21)7-10(2)8-15-16(17(18)22)13(5)20(24)25-15/h6-7,9,15-18,22H,5,8H2,1-4H3/b10-7+,11-6-,12-9-/t15-,16+,17-,18-/m0/s1. The Kier molecular flexibility index (Phi) is 5.97. The van der Waals surface area contributed by atoms with Crippen molar-refractivity contribution in [1.29, 1.82) is 0 Å². The van der Waals surface area contributed by atoms with Crippen LogP contribution >= 0.6 is 0 Å². The number of ether oxygens (including phenoxy) is 2. The van der Waals surface area contributed by atoms with Crippen LogP contribution in [0.5, 0.6) is 0 Å². The SMILES string of the molecule is C=C1C(=O)O[C@H]2C/C(C)=C/C(=O)/C=C(/C)[C@H](OC(=O)/C(C)=C\C)[C@@H](O)[C@H]12. The third kappa shape index (κ3) is 4.02. The molecule has 0 unspecified atom stereocenters. The van der Waals surface area contributed by atoms with Gasteiger partial charge in [-0.1, -0.05) is 18.2 Å². The Hall–Kier alpha value is -2.47. The molecular weight excluding hydrogens is 336 g/mol. The lowest BCUT2D eigenvalue weighted by atomic mass is 9.83. The van der Waals surface area contributed by atoms with Crippen LogP contribution in [0.15, 0.2) is 47.1 Å². The number of carbonyl (C=O) groups excluding carboxylic acids is 3. The van der Waals surface area contributed by atoms with E-state index in [1.54, 1.807) is 33.8 Å². The minimum Gasteiger partial charge on any atom is -0.458 e. The van der Waals surface area contributed by atoms with Gasteiger partial charge in [0.25, 0.3) is 0 Å². The van der Waals surface area contributed by atoms with Crippen molar-refractivity contribution in [2.24, 2.45) is 5.92 Å². The lowest BCUT2D eigenvalue weighted by molar-refractivity contribution is -0.151. The highest BCUT2D eigenvalue weighted by atomic mass is 16.6. The van der Waals surface area contributed by atoms with Gasteiger partial charge in [-0.2, -0.15) is 0 Å². The highest BCUT2D eigenvalue weighted by molar-refractivity contribution is 6.00. The highest BCUT2D eigenvalue weighted by Crippen LogP contribution is 2.36. The summed E-state index contributed by atoms with van der Waals surface area (Å²) in [5.74, 6) is -2.20. The van der Waals surface area contributed by atoms with Crippen LogP contribution in [0.4, 0.5) is 0 Å². The van der Waals surface area contributed by atoms with E-state index in [9.17, 15) is 19.5 Å². The molecule has 1 N–H and O–H groups in total. The Morgan fingerprint density at radius 2 is 2.00 bits per heavy atom. The zero-order chi connectivity index (χ0) is 19.6. The molecule has 2 rings (SSSR count). The first-order chi connectivity index (χ1) is 12.1. The fourth-order valence-electron chi connectivity index (χ4n) is 3.16. The fraction of sp³-hybridized carbons (Fsp3) is 0.450. The molecule has 6 nitrogen and oxygen atoms in total. The first-order valence-corrected chi connectivity index (χ1v) is 8.46. The van der Waals surface area contributed by atoms with Crippen LogP contribution in [0.1, 0.15) is 34.1 Å². The van der Waals surface area contributed by atoms with E-state index >= 15 is 0 Å². The number of aliphatic hydroxyl groups is 1. The summed E-state index contributed by atoms with van der Waals surface area (Å²) in [6, 6.07) is 0. The minimum absolute atomic E-state index is 0.138. The smallest absolute Gasteiger partial charge is 0.334 e. The van der Waals surface area contributed by atoms with Gasteiger partial charge in [0.05, 0.1) is 5.92 Å². The Morgan fingerprint density at radius 1 is 1.35 bits per heavy atom. The highest BCUT2D eigenvalue weighted by Gasteiger charge is 2.47. The fourth-order valence-corrected chi connectivity index (χ4v) is 3.16.